The second-order valence-corrected chi connectivity index (χ2v) is 2.95. The molecule has 2 aromatic rings. The van der Waals surface area contributed by atoms with Gasteiger partial charge in [0.05, 0.1) is 0 Å². The van der Waals surface area contributed by atoms with Gasteiger partial charge >= 0.3 is 21.1 Å². The average molecular weight is 378 g/mol. The van der Waals surface area contributed by atoms with Crippen LogP contribution in [-0.4, -0.2) is 0 Å². The minimum Gasteiger partial charge on any atom is -0.304 e. The number of thiophene rings is 2. The third-order valence-electron chi connectivity index (χ3n) is 0.758. The molecule has 68 valence electrons. The van der Waals surface area contributed by atoms with Gasteiger partial charge in [0.1, 0.15) is 0 Å². The molecule has 0 aromatic carbocycles. The molecule has 0 fully saturated rings. The summed E-state index contributed by atoms with van der Waals surface area (Å²) in [5.74, 6) is 0. The van der Waals surface area contributed by atoms with E-state index >= 15 is 0 Å². The summed E-state index contributed by atoms with van der Waals surface area (Å²) in [5, 5.41) is 9.78. The standard InChI is InChI=1S/2C4H3S.C2H4.W/c2*1-2-4-5-3-1;1-2;/h2*1-3H;1-2H2;/q2*-1;;+2. The van der Waals surface area contributed by atoms with Crippen molar-refractivity contribution in [3.05, 3.63) is 58.9 Å². The molecular formula is C10H10S2W. The fourth-order valence-corrected chi connectivity index (χ4v) is 1.18. The topological polar surface area (TPSA) is 0 Å². The Balaban J connectivity index is 0. The van der Waals surface area contributed by atoms with E-state index < -0.39 is 0 Å². The summed E-state index contributed by atoms with van der Waals surface area (Å²) in [6.45, 7) is 6.00. The maximum Gasteiger partial charge on any atom is 2.00 e. The smallest absolute Gasteiger partial charge is 0.304 e. The van der Waals surface area contributed by atoms with Crippen molar-refractivity contribution in [1.29, 1.82) is 0 Å². The Hall–Kier alpha value is -0.172. The van der Waals surface area contributed by atoms with Crippen molar-refractivity contribution >= 4 is 22.7 Å². The molecule has 0 aliphatic carbocycles. The van der Waals surface area contributed by atoms with Crippen LogP contribution >= 0.6 is 22.7 Å². The molecule has 0 N–H and O–H groups in total. The predicted octanol–water partition coefficient (Wildman–Crippen LogP) is 3.90. The van der Waals surface area contributed by atoms with Gasteiger partial charge in [0.15, 0.2) is 0 Å². The largest absolute Gasteiger partial charge is 2.00 e. The summed E-state index contributed by atoms with van der Waals surface area (Å²) in [6, 6.07) is 7.71. The first-order valence-corrected chi connectivity index (χ1v) is 5.05. The molecule has 0 spiro atoms. The summed E-state index contributed by atoms with van der Waals surface area (Å²) < 4.78 is 0. The van der Waals surface area contributed by atoms with Crippen LogP contribution in [0.1, 0.15) is 0 Å². The maximum atomic E-state index is 3.00. The molecule has 0 atom stereocenters. The monoisotopic (exact) mass is 378 g/mol. The van der Waals surface area contributed by atoms with Gasteiger partial charge in [-0.1, -0.05) is 0 Å². The second-order valence-electron chi connectivity index (χ2n) is 1.46. The Morgan fingerprint density at radius 1 is 0.846 bits per heavy atom. The molecule has 2 aromatic heterocycles. The maximum absolute atomic E-state index is 3.00. The molecule has 2 heterocycles. The first-order chi connectivity index (χ1) is 6.00. The van der Waals surface area contributed by atoms with Crippen molar-refractivity contribution in [2.45, 2.75) is 0 Å². The molecule has 0 amide bonds. The van der Waals surface area contributed by atoms with E-state index in [9.17, 15) is 0 Å². The van der Waals surface area contributed by atoms with E-state index in [2.05, 4.69) is 23.9 Å². The first kappa shape index (κ1) is 15.3. The molecule has 2 rings (SSSR count). The van der Waals surface area contributed by atoms with E-state index in [1.807, 2.05) is 35.0 Å². The van der Waals surface area contributed by atoms with Gasteiger partial charge in [0.2, 0.25) is 0 Å². The summed E-state index contributed by atoms with van der Waals surface area (Å²) in [7, 11) is 0. The second kappa shape index (κ2) is 14.4. The van der Waals surface area contributed by atoms with Crippen LogP contribution in [0.25, 0.3) is 0 Å². The summed E-state index contributed by atoms with van der Waals surface area (Å²) in [6.07, 6.45) is 0. The van der Waals surface area contributed by atoms with Crippen molar-refractivity contribution < 1.29 is 21.1 Å². The average Bonchev–Trinajstić information content (AvgIpc) is 2.87. The van der Waals surface area contributed by atoms with Gasteiger partial charge < -0.3 is 22.7 Å². The van der Waals surface area contributed by atoms with E-state index in [0.29, 0.717) is 0 Å². The van der Waals surface area contributed by atoms with E-state index in [1.165, 1.54) is 0 Å². The molecule has 0 bridgehead atoms. The molecule has 13 heavy (non-hydrogen) atoms. The summed E-state index contributed by atoms with van der Waals surface area (Å²) in [5.41, 5.74) is 0. The van der Waals surface area contributed by atoms with Gasteiger partial charge in [-0.2, -0.15) is 22.9 Å². The first-order valence-electron chi connectivity index (χ1n) is 3.29. The van der Waals surface area contributed by atoms with Gasteiger partial charge in [-0.3, -0.25) is 0 Å². The number of hydrogen-bond acceptors (Lipinski definition) is 2. The van der Waals surface area contributed by atoms with Crippen LogP contribution in [0, 0.1) is 10.8 Å². The molecule has 0 unspecified atom stereocenters. The van der Waals surface area contributed by atoms with Crippen LogP contribution in [-0.2, 0) is 21.1 Å². The molecule has 0 aliphatic rings. The SMILES string of the molecule is C=C.[W+2].[c-]1cccs1.[c-]1cccs1. The van der Waals surface area contributed by atoms with Crippen LogP contribution in [0.5, 0.6) is 0 Å². The molecule has 0 saturated carbocycles. The van der Waals surface area contributed by atoms with Crippen LogP contribution < -0.4 is 0 Å². The Morgan fingerprint density at radius 3 is 1.31 bits per heavy atom. The molecule has 0 saturated heterocycles. The van der Waals surface area contributed by atoms with Gasteiger partial charge in [-0.05, 0) is 0 Å². The normalized spacial score (nSPS) is 6.46. The van der Waals surface area contributed by atoms with Crippen molar-refractivity contribution in [1.82, 2.24) is 0 Å². The van der Waals surface area contributed by atoms with E-state index in [4.69, 9.17) is 0 Å². The number of rotatable bonds is 0. The van der Waals surface area contributed by atoms with Gasteiger partial charge in [-0.15, -0.1) is 23.9 Å². The van der Waals surface area contributed by atoms with Crippen LogP contribution in [0.2, 0.25) is 0 Å². The zero-order valence-electron chi connectivity index (χ0n) is 7.10. The van der Waals surface area contributed by atoms with E-state index in [-0.39, 0.29) is 21.1 Å². The van der Waals surface area contributed by atoms with Gasteiger partial charge in [0, 0.05) is 0 Å². The Labute approximate surface area is 102 Å². The van der Waals surface area contributed by atoms with Gasteiger partial charge in [-0.25, -0.2) is 12.1 Å². The summed E-state index contributed by atoms with van der Waals surface area (Å²) >= 11 is 3.18. The quantitative estimate of drug-likeness (QED) is 0.482. The van der Waals surface area contributed by atoms with Crippen LogP contribution in [0.4, 0.5) is 0 Å². The molecular weight excluding hydrogens is 368 g/mol. The van der Waals surface area contributed by atoms with Crippen LogP contribution in [0.3, 0.4) is 0 Å². The van der Waals surface area contributed by atoms with E-state index in [1.54, 1.807) is 22.7 Å². The molecule has 3 heteroatoms. The fourth-order valence-electron chi connectivity index (χ4n) is 0.393. The predicted molar refractivity (Wildman–Crippen MR) is 57.6 cm³/mol. The Bertz CT molecular complexity index is 165. The minimum absolute atomic E-state index is 0. The molecule has 0 radical (unpaired) electrons. The zero-order valence-corrected chi connectivity index (χ0v) is 11.7. The van der Waals surface area contributed by atoms with Gasteiger partial charge in [0.25, 0.3) is 0 Å². The van der Waals surface area contributed by atoms with Crippen molar-refractivity contribution in [3.63, 3.8) is 0 Å². The minimum atomic E-state index is 0. The zero-order chi connectivity index (χ0) is 9.07. The van der Waals surface area contributed by atoms with E-state index in [0.717, 1.165) is 0 Å². The third-order valence-corrected chi connectivity index (χ3v) is 1.89. The molecule has 0 aliphatic heterocycles. The fraction of sp³-hybridized carbons (Fsp3) is 0. The summed E-state index contributed by atoms with van der Waals surface area (Å²) in [4.78, 5) is 0. The Morgan fingerprint density at radius 2 is 1.23 bits per heavy atom. The Kier molecular flexibility index (Phi) is 16.9. The van der Waals surface area contributed by atoms with Crippen LogP contribution in [0.15, 0.2) is 48.2 Å². The van der Waals surface area contributed by atoms with Crippen molar-refractivity contribution in [3.8, 4) is 0 Å². The third kappa shape index (κ3) is 11.8. The number of hydrogen-bond donors (Lipinski definition) is 0. The molecule has 0 nitrogen and oxygen atoms in total. The van der Waals surface area contributed by atoms with Crippen molar-refractivity contribution in [2.75, 3.05) is 0 Å². The van der Waals surface area contributed by atoms with Crippen molar-refractivity contribution in [2.24, 2.45) is 0 Å².